The van der Waals surface area contributed by atoms with Crippen LogP contribution in [0.3, 0.4) is 0 Å². The van der Waals surface area contributed by atoms with E-state index in [-0.39, 0.29) is 6.54 Å². The first-order chi connectivity index (χ1) is 6.15. The highest BCUT2D eigenvalue weighted by Crippen LogP contribution is 2.05. The summed E-state index contributed by atoms with van der Waals surface area (Å²) in [5.74, 6) is -0.468. The van der Waals surface area contributed by atoms with Crippen LogP contribution in [0, 0.1) is 0 Å². The monoisotopic (exact) mass is 203 g/mol. The number of ether oxygens (including phenoxy) is 1. The van der Waals surface area contributed by atoms with Crippen molar-refractivity contribution in [1.29, 1.82) is 0 Å². The number of carbonyl (C=O) groups excluding carboxylic acids is 1. The van der Waals surface area contributed by atoms with Gasteiger partial charge in [0.15, 0.2) is 0 Å². The van der Waals surface area contributed by atoms with Crippen molar-refractivity contribution in [2.45, 2.75) is 12.6 Å². The number of nitrogens with zero attached hydrogens (tertiary/aromatic N) is 2. The lowest BCUT2D eigenvalue weighted by atomic mass is 10.3. The van der Waals surface area contributed by atoms with Crippen molar-refractivity contribution in [3.63, 3.8) is 0 Å². The molecule has 1 atom stereocenters. The van der Waals surface area contributed by atoms with E-state index in [4.69, 9.17) is 17.3 Å². The van der Waals surface area contributed by atoms with Gasteiger partial charge in [-0.15, -0.1) is 0 Å². The molecular weight excluding hydrogens is 194 g/mol. The zero-order valence-corrected chi connectivity index (χ0v) is 7.86. The molecule has 1 heterocycles. The molecule has 0 aromatic carbocycles. The molecule has 0 fully saturated rings. The van der Waals surface area contributed by atoms with Gasteiger partial charge in [0.1, 0.15) is 6.04 Å². The van der Waals surface area contributed by atoms with Gasteiger partial charge in [0.25, 0.3) is 0 Å². The number of methoxy groups -OCH3 is 1. The molecule has 0 radical (unpaired) electrons. The summed E-state index contributed by atoms with van der Waals surface area (Å²) in [6.45, 7) is 0.269. The first kappa shape index (κ1) is 10.0. The lowest BCUT2D eigenvalue weighted by molar-refractivity contribution is -0.142. The van der Waals surface area contributed by atoms with Crippen LogP contribution in [0.1, 0.15) is 0 Å². The van der Waals surface area contributed by atoms with Gasteiger partial charge in [-0.05, 0) is 11.6 Å². The van der Waals surface area contributed by atoms with Gasteiger partial charge in [-0.1, -0.05) is 0 Å². The second-order valence-electron chi connectivity index (χ2n) is 2.48. The SMILES string of the molecule is COC(=O)C(N)Cn1ccnc1Cl. The predicted octanol–water partition coefficient (Wildman–Crippen LogP) is 0.0368. The summed E-state index contributed by atoms with van der Waals surface area (Å²) in [6.07, 6.45) is 3.18. The van der Waals surface area contributed by atoms with Gasteiger partial charge in [0, 0.05) is 12.4 Å². The largest absolute Gasteiger partial charge is 0.468 e. The highest BCUT2D eigenvalue weighted by atomic mass is 35.5. The lowest BCUT2D eigenvalue weighted by Gasteiger charge is -2.09. The Kier molecular flexibility index (Phi) is 3.27. The van der Waals surface area contributed by atoms with Gasteiger partial charge in [-0.3, -0.25) is 4.79 Å². The maximum absolute atomic E-state index is 10.9. The minimum atomic E-state index is -0.711. The van der Waals surface area contributed by atoms with E-state index < -0.39 is 12.0 Å². The molecule has 1 rings (SSSR count). The summed E-state index contributed by atoms with van der Waals surface area (Å²) in [5, 5.41) is 0.305. The van der Waals surface area contributed by atoms with Crippen LogP contribution in [0.2, 0.25) is 5.28 Å². The van der Waals surface area contributed by atoms with E-state index in [0.717, 1.165) is 0 Å². The Bertz CT molecular complexity index is 300. The van der Waals surface area contributed by atoms with Crippen molar-refractivity contribution in [3.8, 4) is 0 Å². The second kappa shape index (κ2) is 4.25. The van der Waals surface area contributed by atoms with E-state index in [1.807, 2.05) is 0 Å². The number of rotatable bonds is 3. The Balaban J connectivity index is 2.59. The quantitative estimate of drug-likeness (QED) is 0.704. The summed E-state index contributed by atoms with van der Waals surface area (Å²) in [4.78, 5) is 14.7. The molecule has 0 saturated heterocycles. The highest BCUT2D eigenvalue weighted by molar-refractivity contribution is 6.28. The number of hydrogen-bond acceptors (Lipinski definition) is 4. The van der Waals surface area contributed by atoms with E-state index in [9.17, 15) is 4.79 Å². The number of halogens is 1. The third-order valence-electron chi connectivity index (χ3n) is 1.56. The van der Waals surface area contributed by atoms with Gasteiger partial charge < -0.3 is 15.0 Å². The molecule has 0 aliphatic carbocycles. The number of imidazole rings is 1. The average molecular weight is 204 g/mol. The van der Waals surface area contributed by atoms with Crippen LogP contribution in [0.5, 0.6) is 0 Å². The smallest absolute Gasteiger partial charge is 0.324 e. The summed E-state index contributed by atoms with van der Waals surface area (Å²) in [7, 11) is 1.29. The molecule has 0 amide bonds. The summed E-state index contributed by atoms with van der Waals surface area (Å²) in [5.41, 5.74) is 5.51. The molecule has 1 unspecified atom stereocenters. The van der Waals surface area contributed by atoms with Crippen molar-refractivity contribution in [1.82, 2.24) is 9.55 Å². The number of hydrogen-bond donors (Lipinski definition) is 1. The zero-order chi connectivity index (χ0) is 9.84. The molecule has 0 bridgehead atoms. The van der Waals surface area contributed by atoms with Crippen LogP contribution in [-0.2, 0) is 16.1 Å². The van der Waals surface area contributed by atoms with Crippen molar-refractivity contribution >= 4 is 17.6 Å². The fraction of sp³-hybridized carbons (Fsp3) is 0.429. The first-order valence-corrected chi connectivity index (χ1v) is 4.03. The second-order valence-corrected chi connectivity index (χ2v) is 2.82. The van der Waals surface area contributed by atoms with Gasteiger partial charge in [0.2, 0.25) is 5.28 Å². The van der Waals surface area contributed by atoms with Crippen molar-refractivity contribution in [2.24, 2.45) is 5.73 Å². The molecular formula is C7H10ClN3O2. The van der Waals surface area contributed by atoms with Crippen LogP contribution >= 0.6 is 11.6 Å². The molecule has 5 nitrogen and oxygen atoms in total. The van der Waals surface area contributed by atoms with Gasteiger partial charge in [-0.2, -0.15) is 0 Å². The Hall–Kier alpha value is -1.07. The first-order valence-electron chi connectivity index (χ1n) is 3.65. The third kappa shape index (κ3) is 2.43. The summed E-state index contributed by atoms with van der Waals surface area (Å²) >= 11 is 5.68. The molecule has 0 aliphatic heterocycles. The fourth-order valence-corrected chi connectivity index (χ4v) is 1.07. The molecule has 0 saturated carbocycles. The Labute approximate surface area is 80.4 Å². The van der Waals surface area contributed by atoms with E-state index in [1.54, 1.807) is 10.8 Å². The summed E-state index contributed by atoms with van der Waals surface area (Å²) in [6, 6.07) is -0.711. The predicted molar refractivity (Wildman–Crippen MR) is 47.2 cm³/mol. The van der Waals surface area contributed by atoms with Crippen LogP contribution in [0.4, 0.5) is 0 Å². The van der Waals surface area contributed by atoms with Crippen molar-refractivity contribution in [3.05, 3.63) is 17.7 Å². The summed E-state index contributed by atoms with van der Waals surface area (Å²) < 4.78 is 6.03. The maximum atomic E-state index is 10.9. The molecule has 72 valence electrons. The molecule has 1 aromatic heterocycles. The van der Waals surface area contributed by atoms with Crippen LogP contribution in [0.15, 0.2) is 12.4 Å². The van der Waals surface area contributed by atoms with E-state index in [1.165, 1.54) is 13.3 Å². The van der Waals surface area contributed by atoms with E-state index in [2.05, 4.69) is 9.72 Å². The van der Waals surface area contributed by atoms with Crippen LogP contribution in [-0.4, -0.2) is 28.7 Å². The standard InChI is InChI=1S/C7H10ClN3O2/c1-13-6(12)5(9)4-11-3-2-10-7(11)8/h2-3,5H,4,9H2,1H3. The van der Waals surface area contributed by atoms with E-state index >= 15 is 0 Å². The average Bonchev–Trinajstić information content (AvgIpc) is 2.50. The van der Waals surface area contributed by atoms with Crippen molar-refractivity contribution in [2.75, 3.05) is 7.11 Å². The minimum absolute atomic E-state index is 0.269. The highest BCUT2D eigenvalue weighted by Gasteiger charge is 2.14. The fourth-order valence-electron chi connectivity index (χ4n) is 0.885. The molecule has 6 heteroatoms. The van der Waals surface area contributed by atoms with Crippen LogP contribution in [0.25, 0.3) is 0 Å². The molecule has 2 N–H and O–H groups in total. The Morgan fingerprint density at radius 2 is 2.62 bits per heavy atom. The molecule has 0 spiro atoms. The molecule has 13 heavy (non-hydrogen) atoms. The maximum Gasteiger partial charge on any atom is 0.324 e. The topological polar surface area (TPSA) is 70.1 Å². The molecule has 1 aromatic rings. The Morgan fingerprint density at radius 1 is 1.92 bits per heavy atom. The van der Waals surface area contributed by atoms with Gasteiger partial charge in [-0.25, -0.2) is 4.98 Å². The van der Waals surface area contributed by atoms with Gasteiger partial charge in [0.05, 0.1) is 13.7 Å². The normalized spacial score (nSPS) is 12.5. The van der Waals surface area contributed by atoms with Crippen LogP contribution < -0.4 is 5.73 Å². The minimum Gasteiger partial charge on any atom is -0.468 e. The van der Waals surface area contributed by atoms with Crippen molar-refractivity contribution < 1.29 is 9.53 Å². The number of nitrogens with two attached hydrogens (primary N) is 1. The van der Waals surface area contributed by atoms with E-state index in [0.29, 0.717) is 5.28 Å². The zero-order valence-electron chi connectivity index (χ0n) is 7.11. The number of aromatic nitrogens is 2. The Morgan fingerprint density at radius 3 is 3.08 bits per heavy atom. The number of carbonyl (C=O) groups is 1. The molecule has 0 aliphatic rings. The third-order valence-corrected chi connectivity index (χ3v) is 1.88. The lowest BCUT2D eigenvalue weighted by Crippen LogP contribution is -2.35. The number of esters is 1. The van der Waals surface area contributed by atoms with Gasteiger partial charge >= 0.3 is 5.97 Å².